The molecule has 33 heavy (non-hydrogen) atoms. The van der Waals surface area contributed by atoms with E-state index in [4.69, 9.17) is 22.1 Å². The lowest BCUT2D eigenvalue weighted by molar-refractivity contribution is 0.0886. The van der Waals surface area contributed by atoms with E-state index in [0.29, 0.717) is 27.9 Å². The fraction of sp³-hybridized carbons (Fsp3) is 0.667. The number of nitrogens with two attached hydrogens (primary N) is 1. The Morgan fingerprint density at radius 1 is 1.03 bits per heavy atom. The Bertz CT molecular complexity index is 845. The fourth-order valence-corrected chi connectivity index (χ4v) is 5.38. The van der Waals surface area contributed by atoms with Gasteiger partial charge in [0, 0.05) is 57.9 Å². The van der Waals surface area contributed by atoms with Gasteiger partial charge in [-0.25, -0.2) is 4.79 Å². The molecule has 3 aliphatic rings. The average Bonchev–Trinajstić information content (AvgIpc) is 3.37. The highest BCUT2D eigenvalue weighted by atomic mass is 35.5. The molecular formula is C24H36ClN5O3. The van der Waals surface area contributed by atoms with Crippen molar-refractivity contribution in [2.75, 3.05) is 58.7 Å². The van der Waals surface area contributed by atoms with Crippen LogP contribution in [0.5, 0.6) is 5.75 Å². The molecular weight excluding hydrogens is 442 g/mol. The lowest BCUT2D eigenvalue weighted by Crippen LogP contribution is -2.49. The molecule has 0 unspecified atom stereocenters. The number of anilines is 1. The van der Waals surface area contributed by atoms with E-state index in [-0.39, 0.29) is 18.0 Å². The van der Waals surface area contributed by atoms with Gasteiger partial charge in [-0.1, -0.05) is 11.6 Å². The summed E-state index contributed by atoms with van der Waals surface area (Å²) in [6.07, 6.45) is 6.27. The molecule has 3 saturated heterocycles. The van der Waals surface area contributed by atoms with Gasteiger partial charge in [0.1, 0.15) is 5.75 Å². The summed E-state index contributed by atoms with van der Waals surface area (Å²) in [6.45, 7) is 6.60. The number of piperidine rings is 2. The van der Waals surface area contributed by atoms with Crippen molar-refractivity contribution >= 4 is 29.2 Å². The number of rotatable bonds is 5. The Kier molecular flexibility index (Phi) is 7.86. The largest absolute Gasteiger partial charge is 0.496 e. The van der Waals surface area contributed by atoms with Crippen molar-refractivity contribution in [3.8, 4) is 5.75 Å². The number of carbonyl (C=O) groups is 2. The molecule has 3 heterocycles. The van der Waals surface area contributed by atoms with Crippen molar-refractivity contribution in [1.29, 1.82) is 0 Å². The number of urea groups is 1. The topological polar surface area (TPSA) is 91.1 Å². The van der Waals surface area contributed by atoms with E-state index in [1.54, 1.807) is 12.1 Å². The number of carbonyl (C=O) groups excluding carboxylic acids is 2. The summed E-state index contributed by atoms with van der Waals surface area (Å²) < 4.78 is 5.31. The first-order chi connectivity index (χ1) is 15.9. The number of benzene rings is 1. The molecule has 0 atom stereocenters. The van der Waals surface area contributed by atoms with Crippen LogP contribution < -0.4 is 15.8 Å². The third kappa shape index (κ3) is 5.84. The number of hydrogen-bond acceptors (Lipinski definition) is 5. The minimum absolute atomic E-state index is 0.134. The highest BCUT2D eigenvalue weighted by Crippen LogP contribution is 2.29. The molecule has 0 saturated carbocycles. The smallest absolute Gasteiger partial charge is 0.319 e. The van der Waals surface area contributed by atoms with Gasteiger partial charge in [0.15, 0.2) is 0 Å². The molecule has 9 heteroatoms. The minimum Gasteiger partial charge on any atom is -0.496 e. The number of halogens is 1. The molecule has 4 rings (SSSR count). The normalized spacial score (nSPS) is 20.8. The summed E-state index contributed by atoms with van der Waals surface area (Å²) in [7, 11) is 1.52. The number of hydrogen-bond donors (Lipinski definition) is 2. The molecule has 0 aromatic heterocycles. The minimum atomic E-state index is -0.178. The molecule has 0 aliphatic carbocycles. The van der Waals surface area contributed by atoms with Gasteiger partial charge in [-0.05, 0) is 50.5 Å². The van der Waals surface area contributed by atoms with Crippen LogP contribution in [0.4, 0.5) is 10.5 Å². The van der Waals surface area contributed by atoms with Crippen LogP contribution in [0.15, 0.2) is 12.1 Å². The number of methoxy groups -OCH3 is 1. The Labute approximate surface area is 201 Å². The first kappa shape index (κ1) is 24.0. The van der Waals surface area contributed by atoms with Crippen LogP contribution >= 0.6 is 11.6 Å². The number of likely N-dealkylation sites (tertiary alicyclic amines) is 3. The first-order valence-corrected chi connectivity index (χ1v) is 12.5. The maximum absolute atomic E-state index is 12.8. The van der Waals surface area contributed by atoms with Crippen molar-refractivity contribution in [3.05, 3.63) is 22.7 Å². The van der Waals surface area contributed by atoms with Gasteiger partial charge in [0.25, 0.3) is 5.91 Å². The fourth-order valence-electron chi connectivity index (χ4n) is 5.22. The Hall–Kier alpha value is -2.19. The number of nitrogens with one attached hydrogen (secondary N) is 1. The van der Waals surface area contributed by atoms with E-state index in [1.807, 2.05) is 9.80 Å². The summed E-state index contributed by atoms with van der Waals surface area (Å²) in [5, 5.41) is 3.48. The van der Waals surface area contributed by atoms with Gasteiger partial charge in [0.2, 0.25) is 0 Å². The summed E-state index contributed by atoms with van der Waals surface area (Å²) in [6, 6.07) is 3.53. The van der Waals surface area contributed by atoms with Crippen LogP contribution in [0.3, 0.4) is 0 Å². The predicted octanol–water partition coefficient (Wildman–Crippen LogP) is 3.05. The molecule has 0 radical (unpaired) electrons. The van der Waals surface area contributed by atoms with E-state index in [9.17, 15) is 9.59 Å². The Morgan fingerprint density at radius 2 is 1.67 bits per heavy atom. The highest BCUT2D eigenvalue weighted by Gasteiger charge is 2.30. The third-order valence-electron chi connectivity index (χ3n) is 7.26. The van der Waals surface area contributed by atoms with Gasteiger partial charge < -0.3 is 30.5 Å². The van der Waals surface area contributed by atoms with Crippen LogP contribution in [0, 0.1) is 5.92 Å². The number of ether oxygens (including phenoxy) is 1. The molecule has 3 fully saturated rings. The molecule has 182 valence electrons. The summed E-state index contributed by atoms with van der Waals surface area (Å²) in [5.74, 6) is 0.892. The predicted molar refractivity (Wildman–Crippen MR) is 130 cm³/mol. The van der Waals surface area contributed by atoms with Gasteiger partial charge in [0.05, 0.1) is 23.4 Å². The van der Waals surface area contributed by atoms with Crippen LogP contribution in [0.2, 0.25) is 5.02 Å². The average molecular weight is 478 g/mol. The van der Waals surface area contributed by atoms with Crippen LogP contribution in [0.25, 0.3) is 0 Å². The number of amides is 3. The number of nitrogen functional groups attached to an aromatic ring is 1. The second-order valence-corrected chi connectivity index (χ2v) is 9.94. The standard InChI is InChI=1S/C24H36ClN5O3/c1-33-22-15-21(26)20(25)14-19(22)23(31)27-18-6-10-28(11-7-18)16-17-4-12-30(13-5-17)24(32)29-8-2-3-9-29/h14-15,17-18H,2-13,16,26H2,1H3,(H,27,31). The Balaban J connectivity index is 1.19. The molecule has 3 aliphatic heterocycles. The van der Waals surface area contributed by atoms with Gasteiger partial charge in [-0.2, -0.15) is 0 Å². The molecule has 3 amide bonds. The maximum Gasteiger partial charge on any atom is 0.319 e. The number of nitrogens with zero attached hydrogens (tertiary/aromatic N) is 3. The summed E-state index contributed by atoms with van der Waals surface area (Å²) in [5.41, 5.74) is 6.63. The second kappa shape index (κ2) is 10.8. The lowest BCUT2D eigenvalue weighted by Gasteiger charge is -2.38. The van der Waals surface area contributed by atoms with Crippen LogP contribution in [-0.2, 0) is 0 Å². The quantitative estimate of drug-likeness (QED) is 0.636. The van der Waals surface area contributed by atoms with E-state index < -0.39 is 0 Å². The molecule has 0 bridgehead atoms. The zero-order valence-corrected chi connectivity index (χ0v) is 20.3. The first-order valence-electron chi connectivity index (χ1n) is 12.1. The second-order valence-electron chi connectivity index (χ2n) is 9.53. The monoisotopic (exact) mass is 477 g/mol. The van der Waals surface area contributed by atoms with Crippen LogP contribution in [-0.4, -0.2) is 85.6 Å². The van der Waals surface area contributed by atoms with Gasteiger partial charge in [-0.15, -0.1) is 0 Å². The van der Waals surface area contributed by atoms with Crippen molar-refractivity contribution in [2.24, 2.45) is 5.92 Å². The van der Waals surface area contributed by atoms with Gasteiger partial charge >= 0.3 is 6.03 Å². The molecule has 8 nitrogen and oxygen atoms in total. The zero-order valence-electron chi connectivity index (χ0n) is 19.5. The van der Waals surface area contributed by atoms with E-state index in [0.717, 1.165) is 84.3 Å². The van der Waals surface area contributed by atoms with Crippen LogP contribution in [0.1, 0.15) is 48.9 Å². The van der Waals surface area contributed by atoms with Crippen molar-refractivity contribution in [3.63, 3.8) is 0 Å². The zero-order chi connectivity index (χ0) is 23.4. The maximum atomic E-state index is 12.8. The lowest BCUT2D eigenvalue weighted by atomic mass is 9.94. The Morgan fingerprint density at radius 3 is 2.30 bits per heavy atom. The molecule has 1 aromatic carbocycles. The van der Waals surface area contributed by atoms with Crippen molar-refractivity contribution in [2.45, 2.75) is 44.6 Å². The van der Waals surface area contributed by atoms with Crippen molar-refractivity contribution in [1.82, 2.24) is 20.0 Å². The SMILES string of the molecule is COc1cc(N)c(Cl)cc1C(=O)NC1CCN(CC2CCN(C(=O)N3CCCC3)CC2)CC1. The molecule has 3 N–H and O–H groups in total. The summed E-state index contributed by atoms with van der Waals surface area (Å²) in [4.78, 5) is 31.9. The third-order valence-corrected chi connectivity index (χ3v) is 7.59. The molecule has 0 spiro atoms. The van der Waals surface area contributed by atoms with E-state index in [1.165, 1.54) is 7.11 Å². The van der Waals surface area contributed by atoms with Gasteiger partial charge in [-0.3, -0.25) is 4.79 Å². The highest BCUT2D eigenvalue weighted by molar-refractivity contribution is 6.33. The van der Waals surface area contributed by atoms with Crippen molar-refractivity contribution < 1.29 is 14.3 Å². The van der Waals surface area contributed by atoms with E-state index in [2.05, 4.69) is 10.2 Å². The summed E-state index contributed by atoms with van der Waals surface area (Å²) >= 11 is 6.11. The van der Waals surface area contributed by atoms with E-state index >= 15 is 0 Å². The molecule has 1 aromatic rings.